The Labute approximate surface area is 176 Å². The second-order valence-electron chi connectivity index (χ2n) is 9.52. The highest BCUT2D eigenvalue weighted by Gasteiger charge is 2.36. The van der Waals surface area contributed by atoms with Gasteiger partial charge in [-0.2, -0.15) is 0 Å². The van der Waals surface area contributed by atoms with Crippen LogP contribution in [0, 0.1) is 11.7 Å². The average Bonchev–Trinajstić information content (AvgIpc) is 2.69. The first-order chi connectivity index (χ1) is 14.1. The van der Waals surface area contributed by atoms with Crippen molar-refractivity contribution in [1.82, 2.24) is 0 Å². The van der Waals surface area contributed by atoms with E-state index in [-0.39, 0.29) is 23.6 Å². The molecule has 162 valence electrons. The fraction of sp³-hybridized carbons (Fsp3) is 0.731. The second kappa shape index (κ2) is 11.2. The number of Topliss-reactive ketones (excluding diaryl/α,β-unsaturated/α-hetero) is 1. The van der Waals surface area contributed by atoms with E-state index in [1.54, 1.807) is 6.07 Å². The lowest BCUT2D eigenvalue weighted by Crippen LogP contribution is -2.42. The molecule has 29 heavy (non-hydrogen) atoms. The fourth-order valence-electron chi connectivity index (χ4n) is 5.48. The van der Waals surface area contributed by atoms with Gasteiger partial charge in [-0.1, -0.05) is 70.8 Å². The molecule has 2 N–H and O–H groups in total. The van der Waals surface area contributed by atoms with Gasteiger partial charge in [-0.05, 0) is 60.3 Å². The minimum atomic E-state index is -0.108. The van der Waals surface area contributed by atoms with E-state index in [2.05, 4.69) is 13.0 Å². The molecule has 1 fully saturated rings. The maximum atomic E-state index is 15.0. The summed E-state index contributed by atoms with van der Waals surface area (Å²) in [5.41, 5.74) is 9.44. The van der Waals surface area contributed by atoms with E-state index >= 15 is 0 Å². The topological polar surface area (TPSA) is 43.1 Å². The van der Waals surface area contributed by atoms with Crippen molar-refractivity contribution in [3.05, 3.63) is 34.6 Å². The van der Waals surface area contributed by atoms with E-state index in [1.807, 2.05) is 0 Å². The predicted molar refractivity (Wildman–Crippen MR) is 119 cm³/mol. The van der Waals surface area contributed by atoms with E-state index in [4.69, 9.17) is 5.73 Å². The van der Waals surface area contributed by atoms with Crippen LogP contribution in [0.4, 0.5) is 4.39 Å². The summed E-state index contributed by atoms with van der Waals surface area (Å²) in [5.74, 6) is 0.807. The lowest BCUT2D eigenvalue weighted by atomic mass is 9.68. The maximum absolute atomic E-state index is 15.0. The third-order valence-electron chi connectivity index (χ3n) is 7.22. The molecule has 0 aromatic heterocycles. The van der Waals surface area contributed by atoms with Gasteiger partial charge in [0.2, 0.25) is 0 Å². The van der Waals surface area contributed by atoms with Gasteiger partial charge in [0, 0.05) is 18.9 Å². The van der Waals surface area contributed by atoms with Crippen LogP contribution < -0.4 is 5.73 Å². The quantitative estimate of drug-likeness (QED) is 0.447. The van der Waals surface area contributed by atoms with Crippen LogP contribution in [0.2, 0.25) is 0 Å². The number of unbranched alkanes of at least 4 members (excludes halogenated alkanes) is 6. The summed E-state index contributed by atoms with van der Waals surface area (Å²) in [6, 6.07) is 3.88. The Hall–Kier alpha value is -1.22. The predicted octanol–water partition coefficient (Wildman–Crippen LogP) is 6.63. The summed E-state index contributed by atoms with van der Waals surface area (Å²) in [4.78, 5) is 12.5. The Kier molecular flexibility index (Phi) is 8.71. The van der Waals surface area contributed by atoms with Crippen LogP contribution >= 0.6 is 0 Å². The van der Waals surface area contributed by atoms with Crippen molar-refractivity contribution >= 4 is 5.78 Å². The molecule has 1 saturated carbocycles. The van der Waals surface area contributed by atoms with Gasteiger partial charge >= 0.3 is 0 Å². The minimum Gasteiger partial charge on any atom is -0.327 e. The molecule has 2 aliphatic carbocycles. The molecule has 0 saturated heterocycles. The van der Waals surface area contributed by atoms with Gasteiger partial charge in [0.05, 0.1) is 0 Å². The molecular formula is C26H40FNO. The van der Waals surface area contributed by atoms with Crippen LogP contribution in [0.25, 0.3) is 0 Å². The van der Waals surface area contributed by atoms with Crippen LogP contribution in [0.1, 0.15) is 113 Å². The zero-order chi connectivity index (χ0) is 20.6. The first-order valence-electron chi connectivity index (χ1n) is 12.2. The number of nitrogens with two attached hydrogens (primary N) is 1. The number of rotatable bonds is 10. The first kappa shape index (κ1) is 22.5. The standard InChI is InChI=1S/C26H40FNO/c1-2-3-4-5-6-7-10-13-21(29)15-19-16-23-22-14-11-8-9-12-20(26(22)28)18-24(23)25(27)17-19/h16-17,20,22,26H,2-15,18,28H2,1H3/t20-,22+,26-/m0/s1. The van der Waals surface area contributed by atoms with Crippen molar-refractivity contribution in [2.75, 3.05) is 0 Å². The number of benzene rings is 1. The third-order valence-corrected chi connectivity index (χ3v) is 7.22. The fourth-order valence-corrected chi connectivity index (χ4v) is 5.48. The van der Waals surface area contributed by atoms with E-state index in [0.29, 0.717) is 18.8 Å². The van der Waals surface area contributed by atoms with Gasteiger partial charge < -0.3 is 5.73 Å². The molecular weight excluding hydrogens is 361 g/mol. The highest BCUT2D eigenvalue weighted by Crippen LogP contribution is 2.42. The van der Waals surface area contributed by atoms with Gasteiger partial charge in [-0.25, -0.2) is 4.39 Å². The molecule has 0 unspecified atom stereocenters. The Morgan fingerprint density at radius 3 is 2.55 bits per heavy atom. The highest BCUT2D eigenvalue weighted by molar-refractivity contribution is 5.80. The number of carbonyl (C=O) groups excluding carboxylic acids is 1. The van der Waals surface area contributed by atoms with E-state index in [9.17, 15) is 9.18 Å². The SMILES string of the molecule is CCCCCCCCCC(=O)Cc1cc(F)c2c(c1)[C@H]1CCCCC[C@@H](C2)[C@@H]1N. The first-order valence-corrected chi connectivity index (χ1v) is 12.2. The molecule has 3 heteroatoms. The normalized spacial score (nSPS) is 23.9. The van der Waals surface area contributed by atoms with Crippen LogP contribution in [-0.2, 0) is 17.6 Å². The van der Waals surface area contributed by atoms with Crippen molar-refractivity contribution in [2.24, 2.45) is 11.7 Å². The number of halogens is 1. The van der Waals surface area contributed by atoms with Gasteiger partial charge in [0.1, 0.15) is 11.6 Å². The molecule has 1 aromatic rings. The summed E-state index contributed by atoms with van der Waals surface area (Å²) in [7, 11) is 0. The summed E-state index contributed by atoms with van der Waals surface area (Å²) >= 11 is 0. The van der Waals surface area contributed by atoms with Gasteiger partial charge in [-0.15, -0.1) is 0 Å². The molecule has 2 aliphatic rings. The number of hydrogen-bond donors (Lipinski definition) is 1. The zero-order valence-electron chi connectivity index (χ0n) is 18.4. The summed E-state index contributed by atoms with van der Waals surface area (Å²) in [5, 5.41) is 0. The monoisotopic (exact) mass is 401 g/mol. The van der Waals surface area contributed by atoms with Gasteiger partial charge in [0.25, 0.3) is 0 Å². The lowest BCUT2D eigenvalue weighted by molar-refractivity contribution is -0.118. The van der Waals surface area contributed by atoms with Crippen LogP contribution in [-0.4, -0.2) is 11.8 Å². The summed E-state index contributed by atoms with van der Waals surface area (Å²) in [6.07, 6.45) is 16.1. The highest BCUT2D eigenvalue weighted by atomic mass is 19.1. The van der Waals surface area contributed by atoms with E-state index in [0.717, 1.165) is 48.8 Å². The molecule has 0 spiro atoms. The summed E-state index contributed by atoms with van der Waals surface area (Å²) < 4.78 is 15.0. The molecule has 2 nitrogen and oxygen atoms in total. The largest absolute Gasteiger partial charge is 0.327 e. The Balaban J connectivity index is 1.57. The Morgan fingerprint density at radius 1 is 1.03 bits per heavy atom. The van der Waals surface area contributed by atoms with Gasteiger partial charge in [0.15, 0.2) is 0 Å². The van der Waals surface area contributed by atoms with Crippen LogP contribution in [0.15, 0.2) is 12.1 Å². The Bertz CT molecular complexity index is 671. The molecule has 2 bridgehead atoms. The third kappa shape index (κ3) is 6.13. The molecule has 1 aromatic carbocycles. The minimum absolute atomic E-state index is 0.108. The van der Waals surface area contributed by atoms with Crippen molar-refractivity contribution in [2.45, 2.75) is 115 Å². The van der Waals surface area contributed by atoms with Crippen molar-refractivity contribution in [3.8, 4) is 0 Å². The molecule has 0 amide bonds. The van der Waals surface area contributed by atoms with Crippen molar-refractivity contribution in [1.29, 1.82) is 0 Å². The number of hydrogen-bond acceptors (Lipinski definition) is 2. The molecule has 0 heterocycles. The lowest BCUT2D eigenvalue weighted by Gasteiger charge is -2.39. The molecule has 3 rings (SSSR count). The average molecular weight is 402 g/mol. The summed E-state index contributed by atoms with van der Waals surface area (Å²) in [6.45, 7) is 2.23. The van der Waals surface area contributed by atoms with Crippen LogP contribution in [0.5, 0.6) is 0 Å². The number of fused-ring (bicyclic) bond motifs is 4. The maximum Gasteiger partial charge on any atom is 0.137 e. The zero-order valence-corrected chi connectivity index (χ0v) is 18.4. The molecule has 3 atom stereocenters. The number of carbonyl (C=O) groups is 1. The van der Waals surface area contributed by atoms with E-state index in [1.165, 1.54) is 51.4 Å². The van der Waals surface area contributed by atoms with Crippen molar-refractivity contribution in [3.63, 3.8) is 0 Å². The van der Waals surface area contributed by atoms with Crippen LogP contribution in [0.3, 0.4) is 0 Å². The molecule has 0 aliphatic heterocycles. The smallest absolute Gasteiger partial charge is 0.137 e. The number of ketones is 1. The Morgan fingerprint density at radius 2 is 1.76 bits per heavy atom. The second-order valence-corrected chi connectivity index (χ2v) is 9.52. The molecule has 0 radical (unpaired) electrons. The van der Waals surface area contributed by atoms with E-state index < -0.39 is 0 Å². The van der Waals surface area contributed by atoms with Gasteiger partial charge in [-0.3, -0.25) is 4.79 Å². The van der Waals surface area contributed by atoms with Crippen molar-refractivity contribution < 1.29 is 9.18 Å².